The first-order chi connectivity index (χ1) is 6.84. The third kappa shape index (κ3) is 6.52. The maximum Gasteiger partial charge on any atom is 0.232 e. The van der Waals surface area contributed by atoms with Gasteiger partial charge in [0.25, 0.3) is 0 Å². The summed E-state index contributed by atoms with van der Waals surface area (Å²) in [4.78, 5) is 24.3. The molecule has 5 heteroatoms. The highest BCUT2D eigenvalue weighted by molar-refractivity contribution is 7.78. The quantitative estimate of drug-likeness (QED) is 0.694. The SMILES string of the molecule is CC(=O)CCC(=O)N(S)C(C)CN(C)C. The fourth-order valence-corrected chi connectivity index (χ4v) is 1.42. The third-order valence-electron chi connectivity index (χ3n) is 1.99. The highest BCUT2D eigenvalue weighted by atomic mass is 32.1. The van der Waals surface area contributed by atoms with Crippen molar-refractivity contribution in [3.63, 3.8) is 0 Å². The van der Waals surface area contributed by atoms with E-state index < -0.39 is 0 Å². The summed E-state index contributed by atoms with van der Waals surface area (Å²) < 4.78 is 1.41. The van der Waals surface area contributed by atoms with Crippen LogP contribution in [0.1, 0.15) is 26.7 Å². The van der Waals surface area contributed by atoms with Crippen LogP contribution in [0.25, 0.3) is 0 Å². The van der Waals surface area contributed by atoms with Gasteiger partial charge in [0.15, 0.2) is 0 Å². The molecule has 1 atom stereocenters. The second-order valence-corrected chi connectivity index (χ2v) is 4.48. The zero-order chi connectivity index (χ0) is 12.0. The monoisotopic (exact) mass is 232 g/mol. The van der Waals surface area contributed by atoms with Crippen molar-refractivity contribution in [3.8, 4) is 0 Å². The molecule has 88 valence electrons. The molecule has 1 unspecified atom stereocenters. The number of rotatable bonds is 6. The summed E-state index contributed by atoms with van der Waals surface area (Å²) >= 11 is 4.14. The molecule has 1 amide bonds. The van der Waals surface area contributed by atoms with Crippen LogP contribution in [0.2, 0.25) is 0 Å². The summed E-state index contributed by atoms with van der Waals surface area (Å²) in [5, 5.41) is 0. The van der Waals surface area contributed by atoms with Gasteiger partial charge >= 0.3 is 0 Å². The summed E-state index contributed by atoms with van der Waals surface area (Å²) in [5.74, 6) is -0.0618. The van der Waals surface area contributed by atoms with E-state index in [2.05, 4.69) is 12.8 Å². The minimum absolute atomic E-state index is 0.0327. The minimum atomic E-state index is -0.0946. The Morgan fingerprint density at radius 1 is 1.27 bits per heavy atom. The number of carbonyl (C=O) groups is 2. The molecule has 0 fully saturated rings. The van der Waals surface area contributed by atoms with E-state index in [-0.39, 0.29) is 24.2 Å². The number of Topliss-reactive ketones (excluding diaryl/α,β-unsaturated/α-hetero) is 1. The van der Waals surface area contributed by atoms with Gasteiger partial charge in [-0.2, -0.15) is 0 Å². The van der Waals surface area contributed by atoms with Gasteiger partial charge in [-0.1, -0.05) is 12.8 Å². The molecule has 0 aliphatic carbocycles. The Labute approximate surface area is 97.2 Å². The van der Waals surface area contributed by atoms with Gasteiger partial charge in [-0.05, 0) is 27.9 Å². The van der Waals surface area contributed by atoms with Crippen LogP contribution < -0.4 is 0 Å². The predicted octanol–water partition coefficient (Wildman–Crippen LogP) is 0.979. The van der Waals surface area contributed by atoms with Crippen molar-refractivity contribution in [2.75, 3.05) is 20.6 Å². The molecule has 0 aromatic rings. The molecule has 0 radical (unpaired) electrons. The standard InChI is InChI=1S/C10H20N2O2S/c1-8(7-11(3)4)12(15)10(14)6-5-9(2)13/h8,15H,5-7H2,1-4H3. The number of hydrogen-bond acceptors (Lipinski definition) is 4. The maximum atomic E-state index is 11.5. The van der Waals surface area contributed by atoms with Gasteiger partial charge in [-0.3, -0.25) is 9.10 Å². The number of hydrogen-bond donors (Lipinski definition) is 1. The molecule has 0 aliphatic rings. The number of ketones is 1. The number of amides is 1. The van der Waals surface area contributed by atoms with Gasteiger partial charge in [0.2, 0.25) is 5.91 Å². The lowest BCUT2D eigenvalue weighted by atomic mass is 10.2. The number of likely N-dealkylation sites (N-methyl/N-ethyl adjacent to an activating group) is 1. The first-order valence-electron chi connectivity index (χ1n) is 4.99. The molecule has 0 aliphatic heterocycles. The van der Waals surface area contributed by atoms with Crippen LogP contribution in [0, 0.1) is 0 Å². The lowest BCUT2D eigenvalue weighted by molar-refractivity contribution is -0.129. The van der Waals surface area contributed by atoms with Crippen LogP contribution >= 0.6 is 12.8 Å². The van der Waals surface area contributed by atoms with Crippen LogP contribution in [-0.4, -0.2) is 47.6 Å². The summed E-state index contributed by atoms with van der Waals surface area (Å²) in [6.07, 6.45) is 0.543. The molecule has 0 heterocycles. The van der Waals surface area contributed by atoms with Crippen molar-refractivity contribution in [1.29, 1.82) is 0 Å². The Hall–Kier alpha value is -0.550. The van der Waals surface area contributed by atoms with Crippen LogP contribution in [0.5, 0.6) is 0 Å². The van der Waals surface area contributed by atoms with E-state index in [1.807, 2.05) is 25.9 Å². The Kier molecular flexibility index (Phi) is 6.60. The topological polar surface area (TPSA) is 40.6 Å². The molecule has 0 rings (SSSR count). The largest absolute Gasteiger partial charge is 0.307 e. The van der Waals surface area contributed by atoms with E-state index in [4.69, 9.17) is 0 Å². The molecule has 0 spiro atoms. The van der Waals surface area contributed by atoms with Gasteiger partial charge in [0.05, 0.1) is 6.04 Å². The zero-order valence-corrected chi connectivity index (χ0v) is 10.8. The average Bonchev–Trinajstić information content (AvgIpc) is 2.11. The Balaban J connectivity index is 4.01. The number of nitrogens with zero attached hydrogens (tertiary/aromatic N) is 2. The number of carbonyl (C=O) groups excluding carboxylic acids is 2. The van der Waals surface area contributed by atoms with Crippen LogP contribution in [0.3, 0.4) is 0 Å². The average molecular weight is 232 g/mol. The van der Waals surface area contributed by atoms with Crippen molar-refractivity contribution in [1.82, 2.24) is 9.21 Å². The first kappa shape index (κ1) is 14.5. The third-order valence-corrected chi connectivity index (χ3v) is 2.61. The summed E-state index contributed by atoms with van der Waals surface area (Å²) in [5.41, 5.74) is 0. The fraction of sp³-hybridized carbons (Fsp3) is 0.800. The van der Waals surface area contributed by atoms with Crippen molar-refractivity contribution < 1.29 is 9.59 Å². The molecule has 0 aromatic carbocycles. The van der Waals surface area contributed by atoms with Gasteiger partial charge in [-0.25, -0.2) is 0 Å². The van der Waals surface area contributed by atoms with E-state index in [0.717, 1.165) is 6.54 Å². The smallest absolute Gasteiger partial charge is 0.232 e. The zero-order valence-electron chi connectivity index (χ0n) is 9.86. The molecule has 0 bridgehead atoms. The molecule has 0 N–H and O–H groups in total. The lowest BCUT2D eigenvalue weighted by Crippen LogP contribution is -2.38. The highest BCUT2D eigenvalue weighted by Crippen LogP contribution is 2.08. The van der Waals surface area contributed by atoms with Crippen LogP contribution in [-0.2, 0) is 9.59 Å². The van der Waals surface area contributed by atoms with Crippen LogP contribution in [0.15, 0.2) is 0 Å². The lowest BCUT2D eigenvalue weighted by Gasteiger charge is -2.25. The van der Waals surface area contributed by atoms with E-state index in [0.29, 0.717) is 6.42 Å². The van der Waals surface area contributed by atoms with Crippen molar-refractivity contribution >= 4 is 24.5 Å². The van der Waals surface area contributed by atoms with Crippen molar-refractivity contribution in [2.24, 2.45) is 0 Å². The second kappa shape index (κ2) is 6.85. The predicted molar refractivity (Wildman–Crippen MR) is 63.8 cm³/mol. The van der Waals surface area contributed by atoms with E-state index in [1.165, 1.54) is 11.2 Å². The molecule has 0 saturated heterocycles. The first-order valence-corrected chi connectivity index (χ1v) is 5.39. The molecule has 0 saturated carbocycles. The molecular formula is C10H20N2O2S. The molecular weight excluding hydrogens is 212 g/mol. The van der Waals surface area contributed by atoms with Gasteiger partial charge < -0.3 is 9.69 Å². The molecule has 0 aromatic heterocycles. The molecule has 4 nitrogen and oxygen atoms in total. The van der Waals surface area contributed by atoms with Gasteiger partial charge in [-0.15, -0.1) is 0 Å². The van der Waals surface area contributed by atoms with E-state index in [1.54, 1.807) is 0 Å². The second-order valence-electron chi connectivity index (χ2n) is 4.05. The van der Waals surface area contributed by atoms with E-state index >= 15 is 0 Å². The van der Waals surface area contributed by atoms with Crippen molar-refractivity contribution in [3.05, 3.63) is 0 Å². The molecule has 15 heavy (non-hydrogen) atoms. The number of thiol groups is 1. The van der Waals surface area contributed by atoms with Crippen LogP contribution in [0.4, 0.5) is 0 Å². The van der Waals surface area contributed by atoms with Gasteiger partial charge in [0.1, 0.15) is 5.78 Å². The highest BCUT2D eigenvalue weighted by Gasteiger charge is 2.17. The normalized spacial score (nSPS) is 12.7. The van der Waals surface area contributed by atoms with Gasteiger partial charge in [0, 0.05) is 19.4 Å². The summed E-state index contributed by atoms with van der Waals surface area (Å²) in [7, 11) is 3.89. The minimum Gasteiger partial charge on any atom is -0.307 e. The fourth-order valence-electron chi connectivity index (χ4n) is 1.25. The summed E-state index contributed by atoms with van der Waals surface area (Å²) in [6.45, 7) is 4.17. The Bertz CT molecular complexity index is 231. The summed E-state index contributed by atoms with van der Waals surface area (Å²) in [6, 6.07) is 0.0443. The van der Waals surface area contributed by atoms with Crippen molar-refractivity contribution in [2.45, 2.75) is 32.7 Å². The van der Waals surface area contributed by atoms with E-state index in [9.17, 15) is 9.59 Å². The Morgan fingerprint density at radius 3 is 2.20 bits per heavy atom. The maximum absolute atomic E-state index is 11.5. The Morgan fingerprint density at radius 2 is 1.80 bits per heavy atom.